The van der Waals surface area contributed by atoms with Crippen LogP contribution in [0.4, 0.5) is 4.79 Å². The second kappa shape index (κ2) is 11.1. The van der Waals surface area contributed by atoms with Gasteiger partial charge in [-0.3, -0.25) is 0 Å². The monoisotopic (exact) mass is 470 g/mol. The summed E-state index contributed by atoms with van der Waals surface area (Å²) in [6.45, 7) is 4.37. The van der Waals surface area contributed by atoms with Crippen LogP contribution in [0.3, 0.4) is 0 Å². The largest absolute Gasteiger partial charge is 0.497 e. The third kappa shape index (κ3) is 5.05. The number of nitrogens with one attached hydrogen (secondary N) is 1. The Balaban J connectivity index is 2.05. The summed E-state index contributed by atoms with van der Waals surface area (Å²) in [6.07, 6.45) is 1.36. The van der Waals surface area contributed by atoms with Gasteiger partial charge in [-0.15, -0.1) is 0 Å². The summed E-state index contributed by atoms with van der Waals surface area (Å²) in [5.74, 6) is 1.44. The molecule has 1 aliphatic rings. The fourth-order valence-electron chi connectivity index (χ4n) is 4.32. The molecule has 0 aliphatic carbocycles. The Hall–Kier alpha value is -3.42. The Bertz CT molecular complexity index is 1010. The van der Waals surface area contributed by atoms with E-state index in [4.69, 9.17) is 18.9 Å². The molecule has 0 aromatic heterocycles. The highest BCUT2D eigenvalue weighted by molar-refractivity contribution is 5.84. The molecular weight excluding hydrogens is 436 g/mol. The molecule has 0 saturated heterocycles. The molecule has 8 heteroatoms. The van der Waals surface area contributed by atoms with Crippen molar-refractivity contribution in [3.8, 4) is 17.2 Å². The van der Waals surface area contributed by atoms with Gasteiger partial charge in [0, 0.05) is 6.54 Å². The SMILES string of the molecule is CC[C@@H](C)[C@H](NC(=O)N1CCc2cc(OC)c(OC)cc2[C@@H]1c1ccc(OC)cc1)C(=O)OC. The minimum atomic E-state index is -0.731. The van der Waals surface area contributed by atoms with Crippen molar-refractivity contribution in [2.45, 2.75) is 38.8 Å². The van der Waals surface area contributed by atoms with Crippen LogP contribution in [0.15, 0.2) is 36.4 Å². The number of ether oxygens (including phenoxy) is 4. The predicted octanol–water partition coefficient (Wildman–Crippen LogP) is 3.96. The Morgan fingerprint density at radius 2 is 1.68 bits per heavy atom. The Morgan fingerprint density at radius 3 is 2.24 bits per heavy atom. The maximum atomic E-state index is 13.6. The van der Waals surface area contributed by atoms with Crippen molar-refractivity contribution in [2.24, 2.45) is 5.92 Å². The molecule has 0 fully saturated rings. The van der Waals surface area contributed by atoms with Gasteiger partial charge >= 0.3 is 12.0 Å². The number of carbonyl (C=O) groups excluding carboxylic acids is 2. The average Bonchev–Trinajstić information content (AvgIpc) is 2.89. The Labute approximate surface area is 201 Å². The number of urea groups is 1. The van der Waals surface area contributed by atoms with Gasteiger partial charge in [0.1, 0.15) is 11.8 Å². The molecule has 0 radical (unpaired) electrons. The van der Waals surface area contributed by atoms with Crippen molar-refractivity contribution in [2.75, 3.05) is 35.0 Å². The fourth-order valence-corrected chi connectivity index (χ4v) is 4.32. The minimum Gasteiger partial charge on any atom is -0.497 e. The van der Waals surface area contributed by atoms with Gasteiger partial charge in [-0.25, -0.2) is 9.59 Å². The first-order valence-corrected chi connectivity index (χ1v) is 11.4. The maximum absolute atomic E-state index is 13.6. The molecule has 184 valence electrons. The number of nitrogens with zero attached hydrogens (tertiary/aromatic N) is 1. The molecule has 0 unspecified atom stereocenters. The van der Waals surface area contributed by atoms with Crippen LogP contribution in [0.5, 0.6) is 17.2 Å². The highest BCUT2D eigenvalue weighted by atomic mass is 16.5. The number of esters is 1. The molecular formula is C26H34N2O6. The van der Waals surface area contributed by atoms with Crippen LogP contribution in [0.25, 0.3) is 0 Å². The van der Waals surface area contributed by atoms with E-state index in [1.54, 1.807) is 26.2 Å². The highest BCUT2D eigenvalue weighted by Crippen LogP contribution is 2.41. The molecule has 3 atom stereocenters. The number of hydrogen-bond donors (Lipinski definition) is 1. The van der Waals surface area contributed by atoms with Crippen molar-refractivity contribution >= 4 is 12.0 Å². The summed E-state index contributed by atoms with van der Waals surface area (Å²) in [6, 6.07) is 10.1. The first kappa shape index (κ1) is 25.2. The third-order valence-corrected chi connectivity index (χ3v) is 6.51. The number of rotatable bonds is 8. The van der Waals surface area contributed by atoms with Gasteiger partial charge in [0.25, 0.3) is 0 Å². The van der Waals surface area contributed by atoms with E-state index in [-0.39, 0.29) is 18.0 Å². The van der Waals surface area contributed by atoms with Crippen LogP contribution in [0, 0.1) is 5.92 Å². The quantitative estimate of drug-likeness (QED) is 0.588. The maximum Gasteiger partial charge on any atom is 0.328 e. The van der Waals surface area contributed by atoms with E-state index in [9.17, 15) is 9.59 Å². The molecule has 8 nitrogen and oxygen atoms in total. The fraction of sp³-hybridized carbons (Fsp3) is 0.462. The van der Waals surface area contributed by atoms with Crippen LogP contribution >= 0.6 is 0 Å². The summed E-state index contributed by atoms with van der Waals surface area (Å²) < 4.78 is 21.3. The van der Waals surface area contributed by atoms with Crippen molar-refractivity contribution in [3.63, 3.8) is 0 Å². The van der Waals surface area contributed by atoms with Crippen LogP contribution < -0.4 is 19.5 Å². The number of hydrogen-bond acceptors (Lipinski definition) is 6. The van der Waals surface area contributed by atoms with Crippen LogP contribution in [0.1, 0.15) is 43.0 Å². The zero-order valence-electron chi connectivity index (χ0n) is 20.7. The van der Waals surface area contributed by atoms with E-state index in [1.165, 1.54) is 7.11 Å². The van der Waals surface area contributed by atoms with Crippen LogP contribution in [0.2, 0.25) is 0 Å². The normalized spacial score (nSPS) is 16.6. The van der Waals surface area contributed by atoms with Crippen LogP contribution in [-0.2, 0) is 16.0 Å². The lowest BCUT2D eigenvalue weighted by molar-refractivity contribution is -0.144. The lowest BCUT2D eigenvalue weighted by atomic mass is 9.87. The molecule has 2 amide bonds. The number of amides is 2. The number of carbonyl (C=O) groups is 2. The van der Waals surface area contributed by atoms with Gasteiger partial charge in [-0.05, 0) is 53.3 Å². The lowest BCUT2D eigenvalue weighted by Crippen LogP contribution is -2.53. The molecule has 1 aliphatic heterocycles. The van der Waals surface area contributed by atoms with E-state index in [0.29, 0.717) is 24.5 Å². The standard InChI is InChI=1S/C26H34N2O6/c1-7-16(2)23(25(29)34-6)27-26(30)28-13-12-18-14-21(32-4)22(33-5)15-20(18)24(28)17-8-10-19(31-3)11-9-17/h8-11,14-16,23-24H,7,12-13H2,1-6H3,(H,27,30)/t16-,23+,24+/m1/s1. The Morgan fingerprint density at radius 1 is 1.03 bits per heavy atom. The minimum absolute atomic E-state index is 0.0720. The molecule has 0 spiro atoms. The zero-order valence-corrected chi connectivity index (χ0v) is 20.7. The summed E-state index contributed by atoms with van der Waals surface area (Å²) in [5, 5.41) is 2.92. The molecule has 2 aromatic carbocycles. The Kier molecular flexibility index (Phi) is 8.26. The number of methoxy groups -OCH3 is 4. The van der Waals surface area contributed by atoms with Gasteiger partial charge in [-0.2, -0.15) is 0 Å². The van der Waals surface area contributed by atoms with Crippen molar-refractivity contribution in [1.82, 2.24) is 10.2 Å². The third-order valence-electron chi connectivity index (χ3n) is 6.51. The van der Waals surface area contributed by atoms with Gasteiger partial charge in [0.2, 0.25) is 0 Å². The van der Waals surface area contributed by atoms with E-state index in [0.717, 1.165) is 28.9 Å². The first-order chi connectivity index (χ1) is 16.4. The van der Waals surface area contributed by atoms with Gasteiger partial charge in [0.05, 0.1) is 34.5 Å². The first-order valence-electron chi connectivity index (χ1n) is 11.4. The van der Waals surface area contributed by atoms with E-state index in [2.05, 4.69) is 5.32 Å². The molecule has 34 heavy (non-hydrogen) atoms. The van der Waals surface area contributed by atoms with Gasteiger partial charge in [0.15, 0.2) is 11.5 Å². The van der Waals surface area contributed by atoms with Gasteiger partial charge in [-0.1, -0.05) is 32.4 Å². The van der Waals surface area contributed by atoms with Crippen LogP contribution in [-0.4, -0.2) is 57.9 Å². The molecule has 1 heterocycles. The van der Waals surface area contributed by atoms with Crippen molar-refractivity contribution in [1.29, 1.82) is 0 Å². The molecule has 3 rings (SSSR count). The molecule has 0 saturated carbocycles. The highest BCUT2D eigenvalue weighted by Gasteiger charge is 2.36. The number of fused-ring (bicyclic) bond motifs is 1. The summed E-state index contributed by atoms with van der Waals surface area (Å²) in [7, 11) is 6.15. The van der Waals surface area contributed by atoms with Crippen molar-refractivity contribution in [3.05, 3.63) is 53.1 Å². The van der Waals surface area contributed by atoms with Crippen molar-refractivity contribution < 1.29 is 28.5 Å². The molecule has 1 N–H and O–H groups in total. The van der Waals surface area contributed by atoms with E-state index >= 15 is 0 Å². The lowest BCUT2D eigenvalue weighted by Gasteiger charge is -2.39. The molecule has 2 aromatic rings. The smallest absolute Gasteiger partial charge is 0.328 e. The average molecular weight is 471 g/mol. The molecule has 0 bridgehead atoms. The topological polar surface area (TPSA) is 86.3 Å². The number of benzene rings is 2. The van der Waals surface area contributed by atoms with E-state index < -0.39 is 12.0 Å². The van der Waals surface area contributed by atoms with E-state index in [1.807, 2.05) is 50.2 Å². The van der Waals surface area contributed by atoms with Gasteiger partial charge < -0.3 is 29.2 Å². The summed E-state index contributed by atoms with van der Waals surface area (Å²) >= 11 is 0. The summed E-state index contributed by atoms with van der Waals surface area (Å²) in [5.41, 5.74) is 2.94. The summed E-state index contributed by atoms with van der Waals surface area (Å²) in [4.78, 5) is 27.7. The predicted molar refractivity (Wildman–Crippen MR) is 129 cm³/mol. The second-order valence-electron chi connectivity index (χ2n) is 8.36. The zero-order chi connectivity index (χ0) is 24.8. The second-order valence-corrected chi connectivity index (χ2v) is 8.36.